The van der Waals surface area contributed by atoms with Crippen molar-refractivity contribution in [2.75, 3.05) is 19.8 Å². The summed E-state index contributed by atoms with van der Waals surface area (Å²) in [5, 5.41) is 9.69. The van der Waals surface area contributed by atoms with Crippen LogP contribution in [0.5, 0.6) is 0 Å². The van der Waals surface area contributed by atoms with E-state index in [0.717, 1.165) is 0 Å². The third-order valence-corrected chi connectivity index (χ3v) is 3.40. The fourth-order valence-electron chi connectivity index (χ4n) is 2.46. The van der Waals surface area contributed by atoms with Crippen LogP contribution in [0, 0.1) is 22.0 Å². The van der Waals surface area contributed by atoms with Crippen molar-refractivity contribution in [3.8, 4) is 0 Å². The van der Waals surface area contributed by atoms with E-state index in [9.17, 15) is 14.9 Å². The minimum Gasteiger partial charge on any atom is -0.379 e. The minimum atomic E-state index is -0.814. The summed E-state index contributed by atoms with van der Waals surface area (Å²) in [6, 6.07) is 0. The Bertz CT molecular complexity index is 333. The van der Waals surface area contributed by atoms with E-state index in [1.807, 2.05) is 20.8 Å². The van der Waals surface area contributed by atoms with Crippen molar-refractivity contribution in [3.05, 3.63) is 10.1 Å². The third-order valence-electron chi connectivity index (χ3n) is 3.40. The van der Waals surface area contributed by atoms with Gasteiger partial charge in [0.1, 0.15) is 11.9 Å². The smallest absolute Gasteiger partial charge is 0.294 e. The monoisotopic (exact) mass is 289 g/mol. The first kappa shape index (κ1) is 16.8. The summed E-state index contributed by atoms with van der Waals surface area (Å²) >= 11 is 0. The van der Waals surface area contributed by atoms with Crippen LogP contribution in [0.2, 0.25) is 0 Å². The van der Waals surface area contributed by atoms with Gasteiger partial charge in [-0.1, -0.05) is 13.8 Å². The summed E-state index contributed by atoms with van der Waals surface area (Å²) in [7, 11) is 0. The normalized spacial score (nSPS) is 25.9. The number of hydrogen-bond acceptors (Lipinski definition) is 6. The molecule has 0 unspecified atom stereocenters. The first-order valence-electron chi connectivity index (χ1n) is 6.99. The molecule has 0 aromatic rings. The number of carbonyl (C=O) groups is 1. The van der Waals surface area contributed by atoms with Crippen LogP contribution in [0.1, 0.15) is 33.6 Å². The van der Waals surface area contributed by atoms with Crippen molar-refractivity contribution in [2.45, 2.75) is 45.8 Å². The maximum absolute atomic E-state index is 12.0. The molecule has 1 rings (SSSR count). The molecule has 0 saturated heterocycles. The summed E-state index contributed by atoms with van der Waals surface area (Å²) in [5.74, 6) is -0.201. The van der Waals surface area contributed by atoms with E-state index >= 15 is 0 Å². The number of ketones is 1. The molecule has 116 valence electrons. The Balaban J connectivity index is 2.54. The molecule has 0 bridgehead atoms. The molecule has 3 atom stereocenters. The Hall–Kier alpha value is -1.21. The zero-order chi connectivity index (χ0) is 15.1. The molecule has 1 aliphatic carbocycles. The zero-order valence-electron chi connectivity index (χ0n) is 12.2. The number of ether oxygens (including phenoxy) is 2. The lowest BCUT2D eigenvalue weighted by Crippen LogP contribution is -2.29. The molecule has 0 aromatic carbocycles. The van der Waals surface area contributed by atoms with Crippen LogP contribution < -0.4 is 0 Å². The number of carbonyl (C=O) groups excluding carboxylic acids is 1. The van der Waals surface area contributed by atoms with E-state index in [-0.39, 0.29) is 17.6 Å². The van der Waals surface area contributed by atoms with E-state index in [4.69, 9.17) is 9.47 Å². The molecule has 0 heterocycles. The van der Waals surface area contributed by atoms with Gasteiger partial charge in [-0.05, 0) is 19.8 Å². The largest absolute Gasteiger partial charge is 0.379 e. The van der Waals surface area contributed by atoms with Gasteiger partial charge < -0.3 is 14.3 Å². The van der Waals surface area contributed by atoms with Crippen molar-refractivity contribution in [2.24, 2.45) is 11.8 Å². The summed E-state index contributed by atoms with van der Waals surface area (Å²) in [6.45, 7) is 6.91. The Kier molecular flexibility index (Phi) is 6.87. The summed E-state index contributed by atoms with van der Waals surface area (Å²) in [4.78, 5) is 27.1. The molecule has 0 N–H and O–H groups in total. The lowest BCUT2D eigenvalue weighted by molar-refractivity contribution is -0.770. The molecule has 1 aliphatic rings. The molecular weight excluding hydrogens is 266 g/mol. The molecule has 20 heavy (non-hydrogen) atoms. The number of Topliss-reactive ketones (excluding diaryl/α,β-unsaturated/α-hetero) is 1. The molecule has 0 aromatic heterocycles. The van der Waals surface area contributed by atoms with Crippen LogP contribution in [0.15, 0.2) is 0 Å². The number of rotatable bonds is 9. The Morgan fingerprint density at radius 2 is 1.95 bits per heavy atom. The molecule has 1 saturated carbocycles. The highest BCUT2D eigenvalue weighted by molar-refractivity contribution is 5.83. The number of hydrogen-bond donors (Lipinski definition) is 0. The van der Waals surface area contributed by atoms with Gasteiger partial charge in [-0.2, -0.15) is 0 Å². The maximum atomic E-state index is 12.0. The van der Waals surface area contributed by atoms with Crippen LogP contribution in [-0.2, 0) is 19.1 Å². The molecule has 0 radical (unpaired) electrons. The second-order valence-corrected chi connectivity index (χ2v) is 5.20. The second kappa shape index (κ2) is 8.16. The fraction of sp³-hybridized carbons (Fsp3) is 0.923. The van der Waals surface area contributed by atoms with Crippen LogP contribution >= 0.6 is 0 Å². The lowest BCUT2D eigenvalue weighted by Gasteiger charge is -2.17. The topological polar surface area (TPSA) is 87.9 Å². The van der Waals surface area contributed by atoms with Crippen molar-refractivity contribution >= 4 is 5.78 Å². The average molecular weight is 289 g/mol. The van der Waals surface area contributed by atoms with Gasteiger partial charge in [-0.15, -0.1) is 10.1 Å². The van der Waals surface area contributed by atoms with Crippen LogP contribution in [-0.4, -0.2) is 42.9 Å². The SMILES string of the molecule is CCOCCO[C@H]1C[C@@H](C(=O)C(C)C)C[C@@H]1O[N+](=O)[O-]. The zero-order valence-corrected chi connectivity index (χ0v) is 12.2. The van der Waals surface area contributed by atoms with Crippen molar-refractivity contribution in [3.63, 3.8) is 0 Å². The summed E-state index contributed by atoms with van der Waals surface area (Å²) in [5.41, 5.74) is 0. The Labute approximate surface area is 118 Å². The van der Waals surface area contributed by atoms with Crippen molar-refractivity contribution < 1.29 is 24.2 Å². The standard InChI is InChI=1S/C13H23NO6/c1-4-18-5-6-19-11-7-10(13(15)9(2)3)8-12(11)20-14(16)17/h9-12H,4-8H2,1-3H3/t10-,11+,12+/m1/s1. The first-order chi connectivity index (χ1) is 9.45. The highest BCUT2D eigenvalue weighted by Crippen LogP contribution is 2.32. The van der Waals surface area contributed by atoms with Gasteiger partial charge >= 0.3 is 0 Å². The average Bonchev–Trinajstić information content (AvgIpc) is 2.76. The third kappa shape index (κ3) is 5.05. The quantitative estimate of drug-likeness (QED) is 0.364. The molecule has 1 fully saturated rings. The van der Waals surface area contributed by atoms with Gasteiger partial charge in [0, 0.05) is 18.4 Å². The molecule has 0 spiro atoms. The van der Waals surface area contributed by atoms with Gasteiger partial charge in [0.25, 0.3) is 5.09 Å². The Morgan fingerprint density at radius 1 is 1.30 bits per heavy atom. The molecular formula is C13H23NO6. The van der Waals surface area contributed by atoms with E-state index in [0.29, 0.717) is 32.7 Å². The lowest BCUT2D eigenvalue weighted by atomic mass is 9.94. The Morgan fingerprint density at radius 3 is 2.50 bits per heavy atom. The molecule has 0 amide bonds. The highest BCUT2D eigenvalue weighted by atomic mass is 17.0. The highest BCUT2D eigenvalue weighted by Gasteiger charge is 2.41. The minimum absolute atomic E-state index is 0.0848. The predicted octanol–water partition coefficient (Wildman–Crippen LogP) is 1.62. The van der Waals surface area contributed by atoms with Gasteiger partial charge in [0.15, 0.2) is 0 Å². The first-order valence-corrected chi connectivity index (χ1v) is 6.99. The molecule has 7 nitrogen and oxygen atoms in total. The fourth-order valence-corrected chi connectivity index (χ4v) is 2.46. The van der Waals surface area contributed by atoms with E-state index in [2.05, 4.69) is 4.84 Å². The van der Waals surface area contributed by atoms with Gasteiger partial charge in [-0.3, -0.25) is 4.79 Å². The number of nitrogens with zero attached hydrogens (tertiary/aromatic N) is 1. The second-order valence-electron chi connectivity index (χ2n) is 5.20. The summed E-state index contributed by atoms with van der Waals surface area (Å²) in [6.07, 6.45) is -0.272. The van der Waals surface area contributed by atoms with E-state index < -0.39 is 17.3 Å². The van der Waals surface area contributed by atoms with Crippen molar-refractivity contribution in [1.82, 2.24) is 0 Å². The van der Waals surface area contributed by atoms with E-state index in [1.165, 1.54) is 0 Å². The van der Waals surface area contributed by atoms with Gasteiger partial charge in [0.2, 0.25) is 0 Å². The maximum Gasteiger partial charge on any atom is 0.294 e. The predicted molar refractivity (Wildman–Crippen MR) is 70.7 cm³/mol. The molecule has 0 aliphatic heterocycles. The van der Waals surface area contributed by atoms with Crippen LogP contribution in [0.25, 0.3) is 0 Å². The van der Waals surface area contributed by atoms with Crippen LogP contribution in [0.3, 0.4) is 0 Å². The summed E-state index contributed by atoms with van der Waals surface area (Å²) < 4.78 is 10.7. The van der Waals surface area contributed by atoms with Gasteiger partial charge in [0.05, 0.1) is 19.3 Å². The van der Waals surface area contributed by atoms with Crippen LogP contribution in [0.4, 0.5) is 0 Å². The van der Waals surface area contributed by atoms with Crippen molar-refractivity contribution in [1.29, 1.82) is 0 Å². The van der Waals surface area contributed by atoms with E-state index in [1.54, 1.807) is 0 Å². The van der Waals surface area contributed by atoms with Gasteiger partial charge in [-0.25, -0.2) is 0 Å². The molecule has 7 heteroatoms.